The van der Waals surface area contributed by atoms with Gasteiger partial charge in [0.05, 0.1) is 18.1 Å². The van der Waals surface area contributed by atoms with Crippen LogP contribution in [0.1, 0.15) is 34.7 Å². The molecule has 2 heterocycles. The van der Waals surface area contributed by atoms with E-state index in [0.717, 1.165) is 0 Å². The number of hydrogen-bond acceptors (Lipinski definition) is 6. The summed E-state index contributed by atoms with van der Waals surface area (Å²) in [6, 6.07) is 4.62. The van der Waals surface area contributed by atoms with Crippen LogP contribution in [-0.2, 0) is 9.47 Å². The van der Waals surface area contributed by atoms with Gasteiger partial charge in [0.1, 0.15) is 5.52 Å². The molecule has 0 aliphatic carbocycles. The molecule has 0 spiro atoms. The van der Waals surface area contributed by atoms with Gasteiger partial charge < -0.3 is 13.9 Å². The molecule has 0 unspecified atom stereocenters. The van der Waals surface area contributed by atoms with Gasteiger partial charge in [-0.3, -0.25) is 10.1 Å². The third kappa shape index (κ3) is 2.50. The van der Waals surface area contributed by atoms with Crippen LogP contribution in [0.25, 0.3) is 5.52 Å². The Balaban J connectivity index is 2.84. The summed E-state index contributed by atoms with van der Waals surface area (Å²) < 4.78 is 11.0. The molecule has 0 atom stereocenters. The predicted molar refractivity (Wildman–Crippen MR) is 76.0 cm³/mol. The molecular formula is C14H14N2O6. The summed E-state index contributed by atoms with van der Waals surface area (Å²) in [6.07, 6.45) is 1.46. The van der Waals surface area contributed by atoms with E-state index in [1.54, 1.807) is 26.0 Å². The first-order valence-electron chi connectivity index (χ1n) is 6.64. The minimum Gasteiger partial charge on any atom is -0.462 e. The first-order valence-corrected chi connectivity index (χ1v) is 6.64. The maximum atomic E-state index is 12.2. The van der Waals surface area contributed by atoms with Gasteiger partial charge in [0, 0.05) is 6.20 Å². The van der Waals surface area contributed by atoms with E-state index in [2.05, 4.69) is 0 Å². The zero-order valence-electron chi connectivity index (χ0n) is 12.1. The van der Waals surface area contributed by atoms with Crippen LogP contribution in [0.2, 0.25) is 0 Å². The lowest BCUT2D eigenvalue weighted by atomic mass is 10.2. The van der Waals surface area contributed by atoms with Crippen molar-refractivity contribution < 1.29 is 24.0 Å². The van der Waals surface area contributed by atoms with Crippen LogP contribution in [0, 0.1) is 10.1 Å². The minimum absolute atomic E-state index is 0.0322. The third-order valence-electron chi connectivity index (χ3n) is 2.95. The molecule has 116 valence electrons. The Morgan fingerprint density at radius 3 is 2.41 bits per heavy atom. The van der Waals surface area contributed by atoms with Crippen molar-refractivity contribution in [1.82, 2.24) is 4.40 Å². The summed E-state index contributed by atoms with van der Waals surface area (Å²) >= 11 is 0. The molecule has 0 aliphatic rings. The number of aromatic nitrogens is 1. The van der Waals surface area contributed by atoms with E-state index in [4.69, 9.17) is 9.47 Å². The monoisotopic (exact) mass is 306 g/mol. The van der Waals surface area contributed by atoms with Crippen molar-refractivity contribution in [1.29, 1.82) is 0 Å². The smallest absolute Gasteiger partial charge is 0.356 e. The highest BCUT2D eigenvalue weighted by Gasteiger charge is 2.36. The topological polar surface area (TPSA) is 100 Å². The molecular weight excluding hydrogens is 292 g/mol. The molecule has 0 saturated carbocycles. The number of nitrogens with zero attached hydrogens (tertiary/aromatic N) is 2. The standard InChI is InChI=1S/C14H14N2O6/c1-3-21-13(17)10-11(16(19)20)9-7-5-6-8-15(9)12(10)14(18)22-4-2/h5-8H,3-4H2,1-2H3. The molecule has 0 aromatic carbocycles. The molecule has 0 radical (unpaired) electrons. The number of nitro groups is 1. The highest BCUT2D eigenvalue weighted by molar-refractivity contribution is 6.08. The van der Waals surface area contributed by atoms with E-state index in [1.807, 2.05) is 0 Å². The van der Waals surface area contributed by atoms with Crippen molar-refractivity contribution in [2.75, 3.05) is 13.2 Å². The van der Waals surface area contributed by atoms with Crippen LogP contribution in [0.3, 0.4) is 0 Å². The Kier molecular flexibility index (Phi) is 4.40. The van der Waals surface area contributed by atoms with Crippen molar-refractivity contribution >= 4 is 23.1 Å². The number of fused-ring (bicyclic) bond motifs is 1. The normalized spacial score (nSPS) is 10.5. The molecule has 0 N–H and O–H groups in total. The summed E-state index contributed by atoms with van der Waals surface area (Å²) in [5, 5.41) is 11.4. The van der Waals surface area contributed by atoms with Crippen LogP contribution in [0.15, 0.2) is 24.4 Å². The average Bonchev–Trinajstić information content (AvgIpc) is 2.83. The van der Waals surface area contributed by atoms with Crippen LogP contribution in [0.4, 0.5) is 5.69 Å². The van der Waals surface area contributed by atoms with Gasteiger partial charge in [0.15, 0.2) is 11.3 Å². The molecule has 2 aromatic rings. The predicted octanol–water partition coefficient (Wildman–Crippen LogP) is 2.20. The molecule has 0 aliphatic heterocycles. The summed E-state index contributed by atoms with van der Waals surface area (Å²) in [7, 11) is 0. The first-order chi connectivity index (χ1) is 10.5. The Bertz CT molecular complexity index is 749. The molecule has 22 heavy (non-hydrogen) atoms. The molecule has 0 bridgehead atoms. The zero-order valence-corrected chi connectivity index (χ0v) is 12.1. The van der Waals surface area contributed by atoms with Gasteiger partial charge in [0.25, 0.3) is 0 Å². The van der Waals surface area contributed by atoms with Gasteiger partial charge in [-0.15, -0.1) is 0 Å². The summed E-state index contributed by atoms with van der Waals surface area (Å²) in [4.78, 5) is 34.9. The van der Waals surface area contributed by atoms with Gasteiger partial charge in [0.2, 0.25) is 0 Å². The highest BCUT2D eigenvalue weighted by atomic mass is 16.6. The van der Waals surface area contributed by atoms with Crippen molar-refractivity contribution in [3.05, 3.63) is 45.8 Å². The van der Waals surface area contributed by atoms with Gasteiger partial charge >= 0.3 is 17.6 Å². The van der Waals surface area contributed by atoms with Crippen molar-refractivity contribution in [2.45, 2.75) is 13.8 Å². The second-order valence-corrected chi connectivity index (χ2v) is 4.23. The summed E-state index contributed by atoms with van der Waals surface area (Å²) in [6.45, 7) is 3.29. The Hall–Kier alpha value is -2.90. The minimum atomic E-state index is -0.930. The first kappa shape index (κ1) is 15.5. The Labute approximate surface area is 125 Å². The zero-order chi connectivity index (χ0) is 16.3. The lowest BCUT2D eigenvalue weighted by Gasteiger charge is -2.05. The second kappa shape index (κ2) is 6.25. The number of pyridine rings is 1. The van der Waals surface area contributed by atoms with Crippen molar-refractivity contribution in [3.8, 4) is 0 Å². The lowest BCUT2D eigenvalue weighted by Crippen LogP contribution is -2.15. The van der Waals surface area contributed by atoms with Crippen LogP contribution in [-0.4, -0.2) is 34.5 Å². The maximum Gasteiger partial charge on any atom is 0.356 e. The number of hydrogen-bond donors (Lipinski definition) is 0. The van der Waals surface area contributed by atoms with E-state index in [-0.39, 0.29) is 24.4 Å². The molecule has 0 amide bonds. The number of ether oxygens (including phenoxy) is 2. The third-order valence-corrected chi connectivity index (χ3v) is 2.95. The molecule has 0 fully saturated rings. The van der Waals surface area contributed by atoms with E-state index >= 15 is 0 Å². The average molecular weight is 306 g/mol. The number of rotatable bonds is 5. The molecule has 8 heteroatoms. The fourth-order valence-electron chi connectivity index (χ4n) is 2.17. The van der Waals surface area contributed by atoms with E-state index in [1.165, 1.54) is 16.7 Å². The van der Waals surface area contributed by atoms with Gasteiger partial charge in [-0.05, 0) is 26.0 Å². The molecule has 0 saturated heterocycles. The summed E-state index contributed by atoms with van der Waals surface area (Å²) in [5.74, 6) is -1.75. The van der Waals surface area contributed by atoms with Gasteiger partial charge in [-0.25, -0.2) is 9.59 Å². The molecule has 2 aromatic heterocycles. The fraction of sp³-hybridized carbons (Fsp3) is 0.286. The van der Waals surface area contributed by atoms with Crippen molar-refractivity contribution in [3.63, 3.8) is 0 Å². The van der Waals surface area contributed by atoms with E-state index in [9.17, 15) is 19.7 Å². The Morgan fingerprint density at radius 1 is 1.18 bits per heavy atom. The van der Waals surface area contributed by atoms with Gasteiger partial charge in [-0.2, -0.15) is 0 Å². The van der Waals surface area contributed by atoms with Crippen LogP contribution in [0.5, 0.6) is 0 Å². The quantitative estimate of drug-likeness (QED) is 0.477. The largest absolute Gasteiger partial charge is 0.462 e. The van der Waals surface area contributed by atoms with Crippen molar-refractivity contribution in [2.24, 2.45) is 0 Å². The molecule has 8 nitrogen and oxygen atoms in total. The number of carbonyl (C=O) groups is 2. The van der Waals surface area contributed by atoms with Gasteiger partial charge in [-0.1, -0.05) is 6.07 Å². The summed E-state index contributed by atoms with van der Waals surface area (Å²) in [5.41, 5.74) is -0.945. The van der Waals surface area contributed by atoms with E-state index in [0.29, 0.717) is 0 Å². The SMILES string of the molecule is CCOC(=O)c1c([N+](=O)[O-])c2ccccn2c1C(=O)OCC. The molecule has 2 rings (SSSR count). The number of esters is 2. The van der Waals surface area contributed by atoms with Crippen LogP contribution < -0.4 is 0 Å². The lowest BCUT2D eigenvalue weighted by molar-refractivity contribution is -0.383. The second-order valence-electron chi connectivity index (χ2n) is 4.23. The number of carbonyl (C=O) groups excluding carboxylic acids is 2. The Morgan fingerprint density at radius 2 is 1.82 bits per heavy atom. The van der Waals surface area contributed by atoms with Crippen LogP contribution >= 0.6 is 0 Å². The van der Waals surface area contributed by atoms with E-state index < -0.39 is 28.1 Å². The fourth-order valence-corrected chi connectivity index (χ4v) is 2.17. The maximum absolute atomic E-state index is 12.2. The highest BCUT2D eigenvalue weighted by Crippen LogP contribution is 2.32.